The lowest BCUT2D eigenvalue weighted by atomic mass is 10.3. The first kappa shape index (κ1) is 10.4. The number of thioether (sulfide) groups is 1. The summed E-state index contributed by atoms with van der Waals surface area (Å²) in [7, 11) is 0. The number of aromatic amines is 1. The molecule has 17 heavy (non-hydrogen) atoms. The van der Waals surface area contributed by atoms with Crippen LogP contribution in [0, 0.1) is 0 Å². The van der Waals surface area contributed by atoms with E-state index in [4.69, 9.17) is 1.37 Å². The third-order valence-corrected chi connectivity index (χ3v) is 2.37. The number of H-pyrrole nitrogens is 1. The van der Waals surface area contributed by atoms with Crippen LogP contribution in [0.5, 0.6) is 0 Å². The predicted octanol–water partition coefficient (Wildman–Crippen LogP) is 1.57. The molecule has 1 aromatic carbocycles. The van der Waals surface area contributed by atoms with Crippen molar-refractivity contribution in [2.24, 2.45) is 0 Å². The Hall–Kier alpha value is -1.77. The highest BCUT2D eigenvalue weighted by atomic mass is 32.2. The molecule has 1 N–H and O–H groups in total. The van der Waals surface area contributed by atoms with Crippen molar-refractivity contribution < 1.29 is 14.5 Å². The Morgan fingerprint density at radius 2 is 2.24 bits per heavy atom. The normalized spacial score (nSPS) is 12.5. The Balaban J connectivity index is 2.49. The Morgan fingerprint density at radius 1 is 1.47 bits per heavy atom. The molecule has 1 aromatic heterocycles. The first-order valence-electron chi connectivity index (χ1n) is 4.74. The number of halogens is 3. The van der Waals surface area contributed by atoms with Crippen molar-refractivity contribution in [1.82, 2.24) is 20.2 Å². The Morgan fingerprint density at radius 3 is 2.82 bits per heavy atom. The molecule has 2 aromatic rings. The number of nitrogens with zero attached hydrogens (tertiary/aromatic N) is 3. The molecule has 0 saturated heterocycles. The second kappa shape index (κ2) is 4.24. The maximum Gasteiger partial charge on any atom is 0.446 e. The summed E-state index contributed by atoms with van der Waals surface area (Å²) in [5.41, 5.74) is -5.29. The van der Waals surface area contributed by atoms with Gasteiger partial charge in [-0.15, -0.1) is 0 Å². The van der Waals surface area contributed by atoms with Gasteiger partial charge < -0.3 is 0 Å². The van der Waals surface area contributed by atoms with Crippen LogP contribution in [0.3, 0.4) is 0 Å². The third-order valence-electron chi connectivity index (χ3n) is 1.68. The fourth-order valence-corrected chi connectivity index (χ4v) is 1.65. The number of aromatic nitrogens is 4. The molecule has 0 aliphatic rings. The molecular weight excluding hydrogens is 257 g/mol. The minimum Gasteiger partial charge on any atom is -0.244 e. The van der Waals surface area contributed by atoms with E-state index in [9.17, 15) is 18.0 Å². The molecule has 0 atom stereocenters. The molecule has 9 heteroatoms. The van der Waals surface area contributed by atoms with Crippen LogP contribution in [0.25, 0.3) is 5.69 Å². The van der Waals surface area contributed by atoms with E-state index in [1.54, 1.807) is 0 Å². The summed E-state index contributed by atoms with van der Waals surface area (Å²) in [6.07, 6.45) is 0. The molecule has 5 nitrogen and oxygen atoms in total. The summed E-state index contributed by atoms with van der Waals surface area (Å²) in [5, 5.41) is 8.58. The van der Waals surface area contributed by atoms with E-state index < -0.39 is 29.0 Å². The molecule has 1 heterocycles. The van der Waals surface area contributed by atoms with Crippen molar-refractivity contribution >= 4 is 11.8 Å². The number of hydrogen-bond acceptors (Lipinski definition) is 4. The van der Waals surface area contributed by atoms with Crippen molar-refractivity contribution in [1.29, 1.82) is 0 Å². The lowest BCUT2D eigenvalue weighted by Crippen LogP contribution is -2.15. The molecule has 0 aliphatic heterocycles. The molecule has 0 saturated carbocycles. The van der Waals surface area contributed by atoms with Crippen molar-refractivity contribution in [2.75, 3.05) is 0 Å². The zero-order chi connectivity index (χ0) is 13.3. The molecule has 0 unspecified atom stereocenters. The van der Waals surface area contributed by atoms with Crippen molar-refractivity contribution in [3.8, 4) is 5.69 Å². The van der Waals surface area contributed by atoms with Gasteiger partial charge in [0.1, 0.15) is 0 Å². The summed E-state index contributed by atoms with van der Waals surface area (Å²) in [6.45, 7) is 0. The number of nitrogens with one attached hydrogen (secondary N) is 1. The largest absolute Gasteiger partial charge is 0.446 e. The van der Waals surface area contributed by atoms with Gasteiger partial charge in [-0.25, -0.2) is 9.89 Å². The average Bonchev–Trinajstić information content (AvgIpc) is 2.66. The first-order valence-corrected chi connectivity index (χ1v) is 5.06. The Labute approximate surface area is 98.0 Å². The highest BCUT2D eigenvalue weighted by Crippen LogP contribution is 2.37. The van der Waals surface area contributed by atoms with Gasteiger partial charge in [-0.3, -0.25) is 0 Å². The topological polar surface area (TPSA) is 63.6 Å². The molecule has 0 amide bonds. The van der Waals surface area contributed by atoms with Crippen LogP contribution < -0.4 is 5.69 Å². The van der Waals surface area contributed by atoms with Crippen molar-refractivity contribution in [3.63, 3.8) is 0 Å². The SMILES string of the molecule is [3H]c1c(SC(F)(F)F)cccc1-n1nn[nH]c1=O. The second-order valence-electron chi connectivity index (χ2n) is 2.87. The lowest BCUT2D eigenvalue weighted by Gasteiger charge is -2.06. The monoisotopic (exact) mass is 264 g/mol. The summed E-state index contributed by atoms with van der Waals surface area (Å²) in [4.78, 5) is 10.9. The standard InChI is InChI=1S/C8H5F3N4OS/c9-8(10,11)17-6-3-1-2-5(4-6)15-7(16)12-13-14-15/h1-4H,(H,12,14,16)/i4T. The fraction of sp³-hybridized carbons (Fsp3) is 0.125. The number of tetrazole rings is 1. The van der Waals surface area contributed by atoms with E-state index >= 15 is 0 Å². The van der Waals surface area contributed by atoms with Crippen molar-refractivity contribution in [2.45, 2.75) is 10.4 Å². The molecule has 0 spiro atoms. The van der Waals surface area contributed by atoms with Gasteiger partial charge >= 0.3 is 11.2 Å². The average molecular weight is 264 g/mol. The van der Waals surface area contributed by atoms with Gasteiger partial charge in [-0.05, 0) is 40.4 Å². The number of alkyl halides is 3. The molecule has 2 rings (SSSR count). The Bertz CT molecular complexity index is 623. The van der Waals surface area contributed by atoms with E-state index in [1.807, 2.05) is 5.10 Å². The van der Waals surface area contributed by atoms with Crippen LogP contribution >= 0.6 is 11.8 Å². The Kier molecular flexibility index (Phi) is 2.59. The summed E-state index contributed by atoms with van der Waals surface area (Å²) >= 11 is -0.417. The van der Waals surface area contributed by atoms with Gasteiger partial charge in [0.2, 0.25) is 0 Å². The van der Waals surface area contributed by atoms with Crippen LogP contribution in [0.2, 0.25) is 0 Å². The highest BCUT2D eigenvalue weighted by Gasteiger charge is 2.29. The van der Waals surface area contributed by atoms with Gasteiger partial charge in [0.25, 0.3) is 0 Å². The number of rotatable bonds is 2. The van der Waals surface area contributed by atoms with Gasteiger partial charge in [-0.1, -0.05) is 6.07 Å². The first-order chi connectivity index (χ1) is 8.38. The molecule has 0 aliphatic carbocycles. The van der Waals surface area contributed by atoms with Crippen LogP contribution in [-0.4, -0.2) is 25.7 Å². The van der Waals surface area contributed by atoms with Crippen LogP contribution in [0.15, 0.2) is 33.9 Å². The minimum atomic E-state index is -4.50. The molecule has 0 fully saturated rings. The smallest absolute Gasteiger partial charge is 0.244 e. The second-order valence-corrected chi connectivity index (χ2v) is 3.97. The maximum atomic E-state index is 12.3. The van der Waals surface area contributed by atoms with Crippen LogP contribution in [0.4, 0.5) is 13.2 Å². The van der Waals surface area contributed by atoms with E-state index in [1.165, 1.54) is 12.1 Å². The summed E-state index contributed by atoms with van der Waals surface area (Å²) < 4.78 is 45.1. The number of benzene rings is 1. The lowest BCUT2D eigenvalue weighted by molar-refractivity contribution is -0.0328. The fourth-order valence-electron chi connectivity index (χ4n) is 1.10. The van der Waals surface area contributed by atoms with E-state index in [2.05, 4.69) is 10.4 Å². The molecule has 0 radical (unpaired) electrons. The number of hydrogen-bond donors (Lipinski definition) is 1. The van der Waals surface area contributed by atoms with Gasteiger partial charge in [0.15, 0.2) is 0 Å². The van der Waals surface area contributed by atoms with E-state index in [-0.39, 0.29) is 10.6 Å². The minimum absolute atomic E-state index is 0.0667. The van der Waals surface area contributed by atoms with Crippen LogP contribution in [-0.2, 0) is 0 Å². The maximum absolute atomic E-state index is 12.3. The molecular formula is C8H5F3N4OS. The van der Waals surface area contributed by atoms with E-state index in [0.29, 0.717) is 0 Å². The van der Waals surface area contributed by atoms with E-state index in [0.717, 1.165) is 10.7 Å². The van der Waals surface area contributed by atoms with Gasteiger partial charge in [-0.2, -0.15) is 17.9 Å². The van der Waals surface area contributed by atoms with Crippen molar-refractivity contribution in [3.05, 3.63) is 34.7 Å². The summed E-state index contributed by atoms with van der Waals surface area (Å²) in [6, 6.07) is 3.33. The predicted molar refractivity (Wildman–Crippen MR) is 53.9 cm³/mol. The summed E-state index contributed by atoms with van der Waals surface area (Å²) in [5.74, 6) is 0. The van der Waals surface area contributed by atoms with Crippen LogP contribution in [0.1, 0.15) is 1.37 Å². The quantitative estimate of drug-likeness (QED) is 0.836. The third kappa shape index (κ3) is 2.87. The van der Waals surface area contributed by atoms with Gasteiger partial charge in [0, 0.05) is 4.90 Å². The highest BCUT2D eigenvalue weighted by molar-refractivity contribution is 8.00. The molecule has 90 valence electrons. The molecule has 0 bridgehead atoms. The zero-order valence-corrected chi connectivity index (χ0v) is 8.84. The zero-order valence-electron chi connectivity index (χ0n) is 9.02. The van der Waals surface area contributed by atoms with Gasteiger partial charge in [0.05, 0.1) is 7.06 Å².